The van der Waals surface area contributed by atoms with Gasteiger partial charge in [-0.1, -0.05) is 13.8 Å². The van der Waals surface area contributed by atoms with E-state index in [-0.39, 0.29) is 6.09 Å². The topological polar surface area (TPSA) is 55.6 Å². The molecule has 1 amide bonds. The maximum Gasteiger partial charge on any atom is 0.410 e. The van der Waals surface area contributed by atoms with Crippen molar-refractivity contribution in [3.8, 4) is 0 Å². The lowest BCUT2D eigenvalue weighted by Gasteiger charge is -2.34. The fraction of sp³-hybridized carbons (Fsp3) is 0.917. The molecule has 0 aliphatic carbocycles. The Morgan fingerprint density at radius 3 is 2.88 bits per heavy atom. The van der Waals surface area contributed by atoms with Crippen molar-refractivity contribution in [3.05, 3.63) is 0 Å². The average Bonchev–Trinajstić information content (AvgIpc) is 2.27. The van der Waals surface area contributed by atoms with Gasteiger partial charge in [-0.05, 0) is 38.1 Å². The highest BCUT2D eigenvalue weighted by molar-refractivity contribution is 5.68. The van der Waals surface area contributed by atoms with Gasteiger partial charge in [0.15, 0.2) is 0 Å². The van der Waals surface area contributed by atoms with Gasteiger partial charge in [-0.2, -0.15) is 0 Å². The number of ether oxygens (including phenoxy) is 1. The molecule has 0 saturated carbocycles. The molecule has 1 aliphatic rings. The van der Waals surface area contributed by atoms with Gasteiger partial charge in [0.05, 0.1) is 6.61 Å². The Kier molecular flexibility index (Phi) is 5.60. The minimum Gasteiger partial charge on any atom is -0.449 e. The first-order valence-electron chi connectivity index (χ1n) is 6.28. The van der Waals surface area contributed by atoms with E-state index in [9.17, 15) is 4.79 Å². The lowest BCUT2D eigenvalue weighted by atomic mass is 10.00. The second-order valence-electron chi connectivity index (χ2n) is 4.89. The standard InChI is InChI=1S/C12H24N2O2/c1-10(2)9-16-12(15)14-8-4-3-5-11(14)6-7-13/h10-11H,3-9,13H2,1-2H3. The smallest absolute Gasteiger partial charge is 0.410 e. The van der Waals surface area contributed by atoms with Gasteiger partial charge in [0, 0.05) is 12.6 Å². The summed E-state index contributed by atoms with van der Waals surface area (Å²) >= 11 is 0. The Hall–Kier alpha value is -0.770. The molecule has 0 spiro atoms. The summed E-state index contributed by atoms with van der Waals surface area (Å²) in [6, 6.07) is 0.290. The number of likely N-dealkylation sites (tertiary alicyclic amines) is 1. The lowest BCUT2D eigenvalue weighted by molar-refractivity contribution is 0.0640. The second kappa shape index (κ2) is 6.74. The molecule has 0 bridgehead atoms. The zero-order valence-corrected chi connectivity index (χ0v) is 10.4. The number of hydrogen-bond donors (Lipinski definition) is 1. The first kappa shape index (κ1) is 13.3. The van der Waals surface area contributed by atoms with E-state index in [1.165, 1.54) is 6.42 Å². The van der Waals surface area contributed by atoms with Crippen molar-refractivity contribution in [2.24, 2.45) is 11.7 Å². The molecule has 16 heavy (non-hydrogen) atoms. The number of rotatable bonds is 4. The van der Waals surface area contributed by atoms with Crippen molar-refractivity contribution < 1.29 is 9.53 Å². The van der Waals surface area contributed by atoms with Gasteiger partial charge in [-0.25, -0.2) is 4.79 Å². The van der Waals surface area contributed by atoms with E-state index in [0.29, 0.717) is 25.1 Å². The Balaban J connectivity index is 2.43. The molecule has 0 aromatic heterocycles. The molecule has 1 unspecified atom stereocenters. The Morgan fingerprint density at radius 2 is 2.25 bits per heavy atom. The number of nitrogens with zero attached hydrogens (tertiary/aromatic N) is 1. The van der Waals surface area contributed by atoms with E-state index in [1.54, 1.807) is 0 Å². The molecule has 94 valence electrons. The minimum atomic E-state index is -0.160. The summed E-state index contributed by atoms with van der Waals surface area (Å²) in [6.45, 7) is 6.05. The molecule has 1 fully saturated rings. The molecule has 4 heteroatoms. The van der Waals surface area contributed by atoms with E-state index in [2.05, 4.69) is 0 Å². The largest absolute Gasteiger partial charge is 0.449 e. The van der Waals surface area contributed by atoms with Crippen LogP contribution in [0, 0.1) is 5.92 Å². The minimum absolute atomic E-state index is 0.160. The second-order valence-corrected chi connectivity index (χ2v) is 4.89. The van der Waals surface area contributed by atoms with E-state index in [1.807, 2.05) is 18.7 Å². The molecule has 2 N–H and O–H groups in total. The Bertz CT molecular complexity index is 217. The van der Waals surface area contributed by atoms with Gasteiger partial charge in [0.2, 0.25) is 0 Å². The van der Waals surface area contributed by atoms with Gasteiger partial charge >= 0.3 is 6.09 Å². The Morgan fingerprint density at radius 1 is 1.50 bits per heavy atom. The molecule has 0 aromatic rings. The number of carbonyl (C=O) groups excluding carboxylic acids is 1. The van der Waals surface area contributed by atoms with Crippen molar-refractivity contribution in [1.29, 1.82) is 0 Å². The highest BCUT2D eigenvalue weighted by Gasteiger charge is 2.27. The van der Waals surface area contributed by atoms with Crippen LogP contribution in [0.1, 0.15) is 39.5 Å². The number of carbonyl (C=O) groups is 1. The summed E-state index contributed by atoms with van der Waals surface area (Å²) < 4.78 is 5.27. The zero-order valence-electron chi connectivity index (χ0n) is 10.4. The fourth-order valence-corrected chi connectivity index (χ4v) is 2.05. The van der Waals surface area contributed by atoms with Crippen LogP contribution in [0.25, 0.3) is 0 Å². The summed E-state index contributed by atoms with van der Waals surface area (Å²) in [7, 11) is 0. The molecule has 1 saturated heterocycles. The quantitative estimate of drug-likeness (QED) is 0.800. The number of piperidine rings is 1. The summed E-state index contributed by atoms with van der Waals surface area (Å²) in [5, 5.41) is 0. The van der Waals surface area contributed by atoms with Crippen LogP contribution in [-0.4, -0.2) is 36.7 Å². The molecule has 0 radical (unpaired) electrons. The highest BCUT2D eigenvalue weighted by atomic mass is 16.6. The van der Waals surface area contributed by atoms with Crippen LogP contribution < -0.4 is 5.73 Å². The van der Waals surface area contributed by atoms with Gasteiger partial charge in [-0.15, -0.1) is 0 Å². The lowest BCUT2D eigenvalue weighted by Crippen LogP contribution is -2.45. The van der Waals surface area contributed by atoms with E-state index in [0.717, 1.165) is 25.8 Å². The summed E-state index contributed by atoms with van der Waals surface area (Å²) in [4.78, 5) is 13.7. The van der Waals surface area contributed by atoms with Crippen LogP contribution in [0.3, 0.4) is 0 Å². The number of amides is 1. The number of hydrogen-bond acceptors (Lipinski definition) is 3. The maximum absolute atomic E-state index is 11.9. The van der Waals surface area contributed by atoms with Gasteiger partial charge in [0.25, 0.3) is 0 Å². The van der Waals surface area contributed by atoms with E-state index in [4.69, 9.17) is 10.5 Å². The van der Waals surface area contributed by atoms with Crippen molar-refractivity contribution in [2.45, 2.75) is 45.6 Å². The van der Waals surface area contributed by atoms with Crippen LogP contribution in [0.5, 0.6) is 0 Å². The van der Waals surface area contributed by atoms with Crippen molar-refractivity contribution in [1.82, 2.24) is 4.90 Å². The van der Waals surface area contributed by atoms with E-state index >= 15 is 0 Å². The van der Waals surface area contributed by atoms with Crippen LogP contribution in [0.15, 0.2) is 0 Å². The molecule has 0 aromatic carbocycles. The van der Waals surface area contributed by atoms with E-state index < -0.39 is 0 Å². The summed E-state index contributed by atoms with van der Waals surface area (Å²) in [5.41, 5.74) is 5.57. The van der Waals surface area contributed by atoms with Crippen LogP contribution in [-0.2, 0) is 4.74 Å². The highest BCUT2D eigenvalue weighted by Crippen LogP contribution is 2.20. The zero-order chi connectivity index (χ0) is 12.0. The van der Waals surface area contributed by atoms with Crippen molar-refractivity contribution in [3.63, 3.8) is 0 Å². The molecule has 1 aliphatic heterocycles. The van der Waals surface area contributed by atoms with Crippen molar-refractivity contribution in [2.75, 3.05) is 19.7 Å². The number of nitrogens with two attached hydrogens (primary N) is 1. The first-order chi connectivity index (χ1) is 7.65. The monoisotopic (exact) mass is 228 g/mol. The van der Waals surface area contributed by atoms with Crippen LogP contribution in [0.2, 0.25) is 0 Å². The Labute approximate surface area is 98.1 Å². The third kappa shape index (κ3) is 4.00. The summed E-state index contributed by atoms with van der Waals surface area (Å²) in [5.74, 6) is 0.390. The predicted molar refractivity (Wildman–Crippen MR) is 64.2 cm³/mol. The molecule has 1 atom stereocenters. The molecule has 1 heterocycles. The molecule has 1 rings (SSSR count). The normalized spacial score (nSPS) is 21.2. The SMILES string of the molecule is CC(C)COC(=O)N1CCCCC1CCN. The first-order valence-corrected chi connectivity index (χ1v) is 6.28. The predicted octanol–water partition coefficient (Wildman–Crippen LogP) is 1.98. The third-order valence-electron chi connectivity index (χ3n) is 2.90. The summed E-state index contributed by atoms with van der Waals surface area (Å²) in [6.07, 6.45) is 4.06. The van der Waals surface area contributed by atoms with Gasteiger partial charge in [-0.3, -0.25) is 0 Å². The molecular formula is C12H24N2O2. The molecular weight excluding hydrogens is 204 g/mol. The van der Waals surface area contributed by atoms with Crippen molar-refractivity contribution >= 4 is 6.09 Å². The van der Waals surface area contributed by atoms with Gasteiger partial charge in [0.1, 0.15) is 0 Å². The van der Waals surface area contributed by atoms with Crippen LogP contribution >= 0.6 is 0 Å². The maximum atomic E-state index is 11.9. The average molecular weight is 228 g/mol. The molecule has 4 nitrogen and oxygen atoms in total. The van der Waals surface area contributed by atoms with Crippen LogP contribution in [0.4, 0.5) is 4.79 Å². The third-order valence-corrected chi connectivity index (χ3v) is 2.90. The van der Waals surface area contributed by atoms with Gasteiger partial charge < -0.3 is 15.4 Å². The fourth-order valence-electron chi connectivity index (χ4n) is 2.05.